The lowest BCUT2D eigenvalue weighted by molar-refractivity contribution is -0.134. The number of carbonyl (C=O) groups is 3. The molecular formula is C20H24FN3O7. The Morgan fingerprint density at radius 2 is 1.90 bits per heavy atom. The van der Waals surface area contributed by atoms with Gasteiger partial charge in [-0.05, 0) is 38.1 Å². The number of rotatable bonds is 6. The fourth-order valence-corrected chi connectivity index (χ4v) is 3.19. The summed E-state index contributed by atoms with van der Waals surface area (Å²) in [6.07, 6.45) is 2.65. The molecule has 0 radical (unpaired) electrons. The highest BCUT2D eigenvalue weighted by atomic mass is 19.1. The third-order valence-corrected chi connectivity index (χ3v) is 4.69. The van der Waals surface area contributed by atoms with Crippen molar-refractivity contribution in [2.45, 2.75) is 18.8 Å². The molecule has 1 aromatic heterocycles. The summed E-state index contributed by atoms with van der Waals surface area (Å²) in [7, 11) is 1.36. The van der Waals surface area contributed by atoms with Crippen molar-refractivity contribution < 1.29 is 38.2 Å². The Morgan fingerprint density at radius 3 is 2.48 bits per heavy atom. The van der Waals surface area contributed by atoms with E-state index in [0.717, 1.165) is 43.6 Å². The Hall–Kier alpha value is -3.47. The van der Waals surface area contributed by atoms with Crippen LogP contribution >= 0.6 is 0 Å². The summed E-state index contributed by atoms with van der Waals surface area (Å²) >= 11 is 0. The number of carboxylic acids is 2. The minimum atomic E-state index is -1.26. The van der Waals surface area contributed by atoms with Gasteiger partial charge in [0.05, 0.1) is 12.8 Å². The first-order valence-corrected chi connectivity index (χ1v) is 9.53. The number of aromatic nitrogens is 1. The largest absolute Gasteiger partial charge is 0.478 e. The first-order valence-electron chi connectivity index (χ1n) is 9.53. The predicted molar refractivity (Wildman–Crippen MR) is 107 cm³/mol. The number of carbonyl (C=O) groups excluding carboxylic acids is 1. The number of piperidine rings is 1. The second-order valence-corrected chi connectivity index (χ2v) is 6.75. The summed E-state index contributed by atoms with van der Waals surface area (Å²) in [6, 6.07) is 4.55. The number of methoxy groups -OCH3 is 1. The van der Waals surface area contributed by atoms with Crippen LogP contribution in [0.5, 0.6) is 0 Å². The number of hydrogen-bond acceptors (Lipinski definition) is 7. The van der Waals surface area contributed by atoms with Crippen LogP contribution in [0.2, 0.25) is 0 Å². The summed E-state index contributed by atoms with van der Waals surface area (Å²) in [5, 5.41) is 23.4. The highest BCUT2D eigenvalue weighted by Crippen LogP contribution is 2.32. The molecule has 2 heterocycles. The van der Waals surface area contributed by atoms with E-state index in [0.29, 0.717) is 30.2 Å². The zero-order valence-corrected chi connectivity index (χ0v) is 16.9. The fraction of sp³-hybridized carbons (Fsp3) is 0.400. The standard InChI is InChI=1S/C16H20FN3O3.C4H4O4/c1-22-16(21)18-6-9-20-7-4-11(5-8-20)15-13-3-2-12(17)10-14(13)23-19-15;5-3(6)1-2-4(7)8/h2-3,10-11H,4-9H2,1H3,(H,18,21);1-2H,(H,5,6)(H,7,8)/b;2-1+. The molecule has 3 rings (SSSR count). The summed E-state index contributed by atoms with van der Waals surface area (Å²) in [5.41, 5.74) is 1.43. The molecule has 31 heavy (non-hydrogen) atoms. The summed E-state index contributed by atoms with van der Waals surface area (Å²) in [4.78, 5) is 32.4. The highest BCUT2D eigenvalue weighted by Gasteiger charge is 2.25. The monoisotopic (exact) mass is 437 g/mol. The van der Waals surface area contributed by atoms with E-state index in [1.807, 2.05) is 0 Å². The molecule has 1 amide bonds. The average molecular weight is 437 g/mol. The van der Waals surface area contributed by atoms with Crippen molar-refractivity contribution in [2.24, 2.45) is 0 Å². The summed E-state index contributed by atoms with van der Waals surface area (Å²) in [6.45, 7) is 3.24. The van der Waals surface area contributed by atoms with Crippen LogP contribution in [0.4, 0.5) is 9.18 Å². The van der Waals surface area contributed by atoms with Gasteiger partial charge in [0.25, 0.3) is 0 Å². The first kappa shape index (κ1) is 23.8. The van der Waals surface area contributed by atoms with Gasteiger partial charge in [-0.15, -0.1) is 0 Å². The van der Waals surface area contributed by atoms with Gasteiger partial charge in [-0.2, -0.15) is 0 Å². The number of fused-ring (bicyclic) bond motifs is 1. The number of ether oxygens (including phenoxy) is 1. The maximum Gasteiger partial charge on any atom is 0.406 e. The van der Waals surface area contributed by atoms with E-state index in [-0.39, 0.29) is 5.82 Å². The number of benzene rings is 1. The van der Waals surface area contributed by atoms with E-state index < -0.39 is 18.0 Å². The zero-order chi connectivity index (χ0) is 22.8. The lowest BCUT2D eigenvalue weighted by atomic mass is 9.91. The van der Waals surface area contributed by atoms with Gasteiger partial charge in [-0.1, -0.05) is 5.16 Å². The van der Waals surface area contributed by atoms with Crippen molar-refractivity contribution in [3.8, 4) is 0 Å². The number of halogens is 1. The molecule has 1 aliphatic heterocycles. The molecular weight excluding hydrogens is 413 g/mol. The second kappa shape index (κ2) is 11.6. The van der Waals surface area contributed by atoms with Gasteiger partial charge in [-0.25, -0.2) is 18.8 Å². The molecule has 0 bridgehead atoms. The smallest absolute Gasteiger partial charge is 0.406 e. The number of hydrogen-bond donors (Lipinski definition) is 3. The molecule has 0 unspecified atom stereocenters. The number of likely N-dealkylation sites (tertiary alicyclic amines) is 1. The van der Waals surface area contributed by atoms with E-state index in [9.17, 15) is 18.8 Å². The molecule has 3 N–H and O–H groups in total. The zero-order valence-electron chi connectivity index (χ0n) is 16.9. The molecule has 10 nitrogen and oxygen atoms in total. The van der Waals surface area contributed by atoms with E-state index in [4.69, 9.17) is 14.7 Å². The lowest BCUT2D eigenvalue weighted by Gasteiger charge is -2.31. The average Bonchev–Trinajstić information content (AvgIpc) is 3.16. The number of alkyl carbamates (subject to hydrolysis) is 1. The molecule has 2 aromatic rings. The molecule has 1 saturated heterocycles. The fourth-order valence-electron chi connectivity index (χ4n) is 3.19. The minimum absolute atomic E-state index is 0.312. The molecule has 0 spiro atoms. The molecule has 1 aromatic carbocycles. The molecule has 0 aliphatic carbocycles. The SMILES string of the molecule is COC(=O)NCCN1CCC(c2noc3cc(F)ccc23)CC1.O=C(O)/C=C/C(=O)O. The maximum atomic E-state index is 13.2. The van der Waals surface area contributed by atoms with Gasteiger partial charge >= 0.3 is 18.0 Å². The van der Waals surface area contributed by atoms with Gasteiger partial charge in [0, 0.05) is 42.6 Å². The number of nitrogens with one attached hydrogen (secondary N) is 1. The van der Waals surface area contributed by atoms with Gasteiger partial charge < -0.3 is 29.7 Å². The van der Waals surface area contributed by atoms with Crippen LogP contribution in [-0.2, 0) is 14.3 Å². The molecule has 0 atom stereocenters. The Labute approximate surface area is 177 Å². The Morgan fingerprint density at radius 1 is 1.26 bits per heavy atom. The minimum Gasteiger partial charge on any atom is -0.478 e. The van der Waals surface area contributed by atoms with Crippen molar-refractivity contribution >= 4 is 29.0 Å². The normalized spacial score (nSPS) is 14.8. The van der Waals surface area contributed by atoms with Gasteiger partial charge in [0.2, 0.25) is 0 Å². The summed E-state index contributed by atoms with van der Waals surface area (Å²) < 4.78 is 23.0. The van der Waals surface area contributed by atoms with Crippen molar-refractivity contribution in [1.82, 2.24) is 15.4 Å². The Bertz CT molecular complexity index is 920. The maximum absolute atomic E-state index is 13.2. The Balaban J connectivity index is 0.000000366. The molecule has 168 valence electrons. The van der Waals surface area contributed by atoms with Gasteiger partial charge in [0.1, 0.15) is 5.82 Å². The third-order valence-electron chi connectivity index (χ3n) is 4.69. The molecule has 1 aliphatic rings. The number of carboxylic acid groups (broad SMARTS) is 2. The van der Waals surface area contributed by atoms with Crippen LogP contribution in [0.25, 0.3) is 11.0 Å². The van der Waals surface area contributed by atoms with Crippen molar-refractivity contribution in [3.63, 3.8) is 0 Å². The summed E-state index contributed by atoms with van der Waals surface area (Å²) in [5.74, 6) is -2.50. The van der Waals surface area contributed by atoms with Crippen molar-refractivity contribution in [2.75, 3.05) is 33.3 Å². The van der Waals surface area contributed by atoms with Crippen LogP contribution in [0.3, 0.4) is 0 Å². The number of amides is 1. The molecule has 1 fully saturated rings. The van der Waals surface area contributed by atoms with E-state index in [1.165, 1.54) is 19.2 Å². The first-order chi connectivity index (χ1) is 14.8. The molecule has 11 heteroatoms. The third kappa shape index (κ3) is 7.70. The predicted octanol–water partition coefficient (Wildman–Crippen LogP) is 2.21. The lowest BCUT2D eigenvalue weighted by Crippen LogP contribution is -2.39. The van der Waals surface area contributed by atoms with Gasteiger partial charge in [0.15, 0.2) is 5.58 Å². The quantitative estimate of drug-likeness (QED) is 0.580. The van der Waals surface area contributed by atoms with Gasteiger partial charge in [-0.3, -0.25) is 0 Å². The van der Waals surface area contributed by atoms with E-state index >= 15 is 0 Å². The van der Waals surface area contributed by atoms with Crippen molar-refractivity contribution in [1.29, 1.82) is 0 Å². The van der Waals surface area contributed by atoms with E-state index in [1.54, 1.807) is 6.07 Å². The second-order valence-electron chi connectivity index (χ2n) is 6.75. The van der Waals surface area contributed by atoms with Crippen LogP contribution in [0, 0.1) is 5.82 Å². The van der Waals surface area contributed by atoms with Crippen LogP contribution in [0.1, 0.15) is 24.5 Å². The highest BCUT2D eigenvalue weighted by molar-refractivity contribution is 5.89. The van der Waals surface area contributed by atoms with Crippen LogP contribution < -0.4 is 5.32 Å². The Kier molecular flexibility index (Phi) is 8.94. The number of aliphatic carboxylic acids is 2. The van der Waals surface area contributed by atoms with Crippen molar-refractivity contribution in [3.05, 3.63) is 41.9 Å². The van der Waals surface area contributed by atoms with E-state index in [2.05, 4.69) is 20.1 Å². The number of nitrogens with zero attached hydrogens (tertiary/aromatic N) is 2. The van der Waals surface area contributed by atoms with Crippen LogP contribution in [0.15, 0.2) is 34.9 Å². The topological polar surface area (TPSA) is 142 Å². The molecule has 0 saturated carbocycles. The van der Waals surface area contributed by atoms with Crippen LogP contribution in [-0.4, -0.2) is 71.6 Å².